The molecule has 1 N–H and O–H groups in total. The maximum absolute atomic E-state index is 15.9. The first-order valence-corrected chi connectivity index (χ1v) is 18.1. The Kier molecular flexibility index (Phi) is 11.4. The standard InChI is InChI=1S/C38H41F7N2O4S/c1-21(2)15-31-36(52-31,47-20-25(11-14-46-12-6-13-46)28(19-32(47)49)37(40,41)42)30(48)10-9-24(18-33(50)51)27-16-26(17-29(35(27)39)38(43,44)45)34-22(3)7-5-8-23(34)4/h5,7-8,16-17,19-21,24,31H,6,9-15,18H2,1-4H3,(H,50,51)/t24-,31?,36+/m0/s1. The molecule has 2 fully saturated rings. The number of thioether (sulfide) groups is 1. The van der Waals surface area contributed by atoms with Gasteiger partial charge < -0.3 is 10.0 Å². The number of carboxylic acid groups (broad SMARTS) is 1. The predicted octanol–water partition coefficient (Wildman–Crippen LogP) is 8.98. The average Bonchev–Trinajstić information content (AvgIpc) is 3.71. The Balaban J connectivity index is 1.55. The molecule has 52 heavy (non-hydrogen) atoms. The van der Waals surface area contributed by atoms with Gasteiger partial charge in [-0.2, -0.15) is 26.3 Å². The van der Waals surface area contributed by atoms with Crippen LogP contribution in [-0.4, -0.2) is 51.2 Å². The molecule has 0 bridgehead atoms. The minimum atomic E-state index is -5.12. The number of carbonyl (C=O) groups is 2. The molecule has 0 saturated carbocycles. The number of rotatable bonds is 14. The van der Waals surface area contributed by atoms with Gasteiger partial charge in [-0.25, -0.2) is 4.39 Å². The molecule has 6 nitrogen and oxygen atoms in total. The van der Waals surface area contributed by atoms with E-state index in [4.69, 9.17) is 0 Å². The summed E-state index contributed by atoms with van der Waals surface area (Å²) in [6.45, 7) is 8.95. The van der Waals surface area contributed by atoms with E-state index in [0.717, 1.165) is 42.0 Å². The lowest BCUT2D eigenvalue weighted by molar-refractivity contribution is -0.140. The van der Waals surface area contributed by atoms with Crippen molar-refractivity contribution in [1.29, 1.82) is 0 Å². The number of aromatic nitrogens is 1. The zero-order chi connectivity index (χ0) is 38.3. The van der Waals surface area contributed by atoms with E-state index in [2.05, 4.69) is 0 Å². The van der Waals surface area contributed by atoms with E-state index in [9.17, 15) is 45.8 Å². The maximum atomic E-state index is 15.9. The lowest BCUT2D eigenvalue weighted by atomic mass is 9.84. The summed E-state index contributed by atoms with van der Waals surface area (Å²) in [7, 11) is 0. The van der Waals surface area contributed by atoms with Crippen LogP contribution in [-0.2, 0) is 33.2 Å². The first kappa shape index (κ1) is 39.6. The van der Waals surface area contributed by atoms with Crippen LogP contribution in [0.15, 0.2) is 47.4 Å². The normalized spacial score (nSPS) is 19.8. The molecule has 0 radical (unpaired) electrons. The van der Waals surface area contributed by atoms with Gasteiger partial charge in [-0.15, -0.1) is 11.8 Å². The van der Waals surface area contributed by atoms with Gasteiger partial charge in [0.05, 0.1) is 17.5 Å². The van der Waals surface area contributed by atoms with Crippen LogP contribution in [0.4, 0.5) is 30.7 Å². The number of pyridine rings is 1. The van der Waals surface area contributed by atoms with E-state index >= 15 is 4.39 Å². The van der Waals surface area contributed by atoms with E-state index < -0.39 is 81.1 Å². The van der Waals surface area contributed by atoms with Crippen molar-refractivity contribution >= 4 is 23.5 Å². The number of likely N-dealkylation sites (tertiary alicyclic amines) is 1. The van der Waals surface area contributed by atoms with Gasteiger partial charge in [-0.05, 0) is 110 Å². The maximum Gasteiger partial charge on any atom is 0.419 e. The SMILES string of the molecule is Cc1cccc(C)c1-c1cc([C@@H](CCC(=O)[C@@]2(n3cc(CCN4CCC4)c(C(F)(F)F)cc3=O)SC2CC(C)C)CC(=O)O)c(F)c(C(F)(F)F)c1. The fourth-order valence-electron chi connectivity index (χ4n) is 7.22. The highest BCUT2D eigenvalue weighted by Gasteiger charge is 2.62. The fraction of sp³-hybridized carbons (Fsp3) is 0.500. The first-order valence-electron chi connectivity index (χ1n) is 17.2. The van der Waals surface area contributed by atoms with Crippen LogP contribution in [0.5, 0.6) is 0 Å². The van der Waals surface area contributed by atoms with Gasteiger partial charge in [0, 0.05) is 30.5 Å². The number of aliphatic carboxylic acids is 1. The smallest absolute Gasteiger partial charge is 0.419 e. The Morgan fingerprint density at radius 1 is 1.00 bits per heavy atom. The molecule has 0 aliphatic carbocycles. The van der Waals surface area contributed by atoms with E-state index in [1.54, 1.807) is 32.0 Å². The summed E-state index contributed by atoms with van der Waals surface area (Å²) in [6, 6.07) is 7.49. The quantitative estimate of drug-likeness (QED) is 0.131. The number of carbonyl (C=O) groups excluding carboxylic acids is 1. The monoisotopic (exact) mass is 754 g/mol. The van der Waals surface area contributed by atoms with E-state index in [-0.39, 0.29) is 29.9 Å². The van der Waals surface area contributed by atoms with E-state index in [1.165, 1.54) is 6.07 Å². The molecular weight excluding hydrogens is 713 g/mol. The number of halogens is 7. The van der Waals surface area contributed by atoms with Crippen molar-refractivity contribution in [3.63, 3.8) is 0 Å². The van der Waals surface area contributed by atoms with Crippen LogP contribution in [0.2, 0.25) is 0 Å². The molecule has 2 aliphatic rings. The van der Waals surface area contributed by atoms with Gasteiger partial charge in [-0.1, -0.05) is 32.0 Å². The Morgan fingerprint density at radius 2 is 1.63 bits per heavy atom. The highest BCUT2D eigenvalue weighted by atomic mass is 32.2. The largest absolute Gasteiger partial charge is 0.481 e. The zero-order valence-corrected chi connectivity index (χ0v) is 30.1. The van der Waals surface area contributed by atoms with Crippen LogP contribution < -0.4 is 5.56 Å². The van der Waals surface area contributed by atoms with E-state index in [1.807, 2.05) is 18.7 Å². The molecule has 1 unspecified atom stereocenters. The van der Waals surface area contributed by atoms with Gasteiger partial charge in [-0.3, -0.25) is 19.0 Å². The summed E-state index contributed by atoms with van der Waals surface area (Å²) >= 11 is 1.11. The lowest BCUT2D eigenvalue weighted by Crippen LogP contribution is -2.41. The van der Waals surface area contributed by atoms with Crippen molar-refractivity contribution in [2.24, 2.45) is 5.92 Å². The van der Waals surface area contributed by atoms with Crippen molar-refractivity contribution in [1.82, 2.24) is 9.47 Å². The third kappa shape index (κ3) is 8.27. The second-order valence-corrected chi connectivity index (χ2v) is 15.7. The Bertz CT molecular complexity index is 1880. The molecule has 3 atom stereocenters. The van der Waals surface area contributed by atoms with Crippen molar-refractivity contribution in [2.75, 3.05) is 19.6 Å². The molecule has 3 heterocycles. The van der Waals surface area contributed by atoms with Crippen molar-refractivity contribution in [3.05, 3.63) is 92.1 Å². The lowest BCUT2D eigenvalue weighted by Gasteiger charge is -2.31. The highest BCUT2D eigenvalue weighted by molar-refractivity contribution is 8.08. The predicted molar refractivity (Wildman–Crippen MR) is 185 cm³/mol. The summed E-state index contributed by atoms with van der Waals surface area (Å²) in [6.07, 6.45) is -9.15. The Hall–Kier alpha value is -3.65. The number of Topliss-reactive ketones (excluding diaryl/α,β-unsaturated/α-hetero) is 1. The van der Waals surface area contributed by atoms with Gasteiger partial charge in [0.25, 0.3) is 5.56 Å². The minimum absolute atomic E-state index is 0.0168. The number of alkyl halides is 6. The third-order valence-electron chi connectivity index (χ3n) is 9.99. The van der Waals surface area contributed by atoms with Crippen molar-refractivity contribution in [2.45, 2.75) is 94.6 Å². The minimum Gasteiger partial charge on any atom is -0.481 e. The zero-order valence-electron chi connectivity index (χ0n) is 29.3. The third-order valence-corrected chi connectivity index (χ3v) is 11.6. The molecule has 0 spiro atoms. The molecule has 1 aromatic heterocycles. The first-order chi connectivity index (χ1) is 24.2. The Morgan fingerprint density at radius 3 is 2.17 bits per heavy atom. The molecule has 2 aromatic carbocycles. The number of aryl methyl sites for hydroxylation is 2. The summed E-state index contributed by atoms with van der Waals surface area (Å²) < 4.78 is 102. The second-order valence-electron chi connectivity index (χ2n) is 14.2. The number of nitrogens with zero attached hydrogens (tertiary/aromatic N) is 2. The van der Waals surface area contributed by atoms with Crippen LogP contribution in [0.1, 0.15) is 85.3 Å². The fourth-order valence-corrected chi connectivity index (χ4v) is 8.90. The number of carboxylic acids is 1. The second kappa shape index (κ2) is 15.0. The molecule has 0 amide bonds. The van der Waals surface area contributed by atoms with Crippen LogP contribution in [0.25, 0.3) is 11.1 Å². The average molecular weight is 755 g/mol. The van der Waals surface area contributed by atoms with Gasteiger partial charge in [0.15, 0.2) is 10.7 Å². The molecule has 3 aromatic rings. The molecular formula is C38H41F7N2O4S. The molecule has 2 saturated heterocycles. The molecule has 282 valence electrons. The van der Waals surface area contributed by atoms with Crippen LogP contribution in [0, 0.1) is 25.6 Å². The number of hydrogen-bond acceptors (Lipinski definition) is 5. The van der Waals surface area contributed by atoms with Gasteiger partial charge in [0.2, 0.25) is 0 Å². The summed E-state index contributed by atoms with van der Waals surface area (Å²) in [5.74, 6) is -5.02. The molecule has 14 heteroatoms. The highest BCUT2D eigenvalue weighted by Crippen LogP contribution is 2.61. The molecule has 2 aliphatic heterocycles. The van der Waals surface area contributed by atoms with Gasteiger partial charge >= 0.3 is 18.3 Å². The van der Waals surface area contributed by atoms with Crippen LogP contribution in [0.3, 0.4) is 0 Å². The summed E-state index contributed by atoms with van der Waals surface area (Å²) in [4.78, 5) is 40.1. The van der Waals surface area contributed by atoms with Crippen molar-refractivity contribution < 1.29 is 45.4 Å². The summed E-state index contributed by atoms with van der Waals surface area (Å²) in [5, 5.41) is 9.29. The number of ketones is 1. The molecule has 5 rings (SSSR count). The number of hydrogen-bond donors (Lipinski definition) is 1. The van der Waals surface area contributed by atoms with Crippen molar-refractivity contribution in [3.8, 4) is 11.1 Å². The number of benzene rings is 2. The van der Waals surface area contributed by atoms with E-state index in [0.29, 0.717) is 41.8 Å². The van der Waals surface area contributed by atoms with Gasteiger partial charge in [0.1, 0.15) is 5.82 Å². The summed E-state index contributed by atoms with van der Waals surface area (Å²) in [5.41, 5.74) is -2.64. The Labute approximate surface area is 301 Å². The van der Waals surface area contributed by atoms with Crippen LogP contribution >= 0.6 is 11.8 Å². The topological polar surface area (TPSA) is 79.6 Å².